The van der Waals surface area contributed by atoms with Crippen LogP contribution in [0.2, 0.25) is 0 Å². The van der Waals surface area contributed by atoms with E-state index in [-0.39, 0.29) is 5.54 Å². The van der Waals surface area contributed by atoms with Gasteiger partial charge in [-0.3, -0.25) is 4.79 Å². The molecule has 1 N–H and O–H groups in total. The lowest BCUT2D eigenvalue weighted by Gasteiger charge is -2.29. The van der Waals surface area contributed by atoms with E-state index >= 15 is 0 Å². The van der Waals surface area contributed by atoms with Gasteiger partial charge in [0.1, 0.15) is 0 Å². The van der Waals surface area contributed by atoms with Crippen LogP contribution >= 0.6 is 0 Å². The van der Waals surface area contributed by atoms with Gasteiger partial charge in [-0.25, -0.2) is 0 Å². The van der Waals surface area contributed by atoms with Crippen LogP contribution in [0.4, 0.5) is 0 Å². The van der Waals surface area contributed by atoms with Gasteiger partial charge in [-0.2, -0.15) is 0 Å². The zero-order valence-corrected chi connectivity index (χ0v) is 7.84. The third-order valence-electron chi connectivity index (χ3n) is 2.51. The van der Waals surface area contributed by atoms with Crippen LogP contribution in [0.1, 0.15) is 33.1 Å². The standard InChI is InChI=1S/C10H17NO/c1-9-5-3-4-6-10(2,7-9)11-8-12/h3,5,8-9H,4,6-7H2,1-2H3,(H,11,12)/t9-,10?/m0/s1. The summed E-state index contributed by atoms with van der Waals surface area (Å²) in [6, 6.07) is 0. The maximum absolute atomic E-state index is 10.4. The van der Waals surface area contributed by atoms with Crippen molar-refractivity contribution in [3.8, 4) is 0 Å². The van der Waals surface area contributed by atoms with E-state index in [0.29, 0.717) is 5.92 Å². The largest absolute Gasteiger partial charge is 0.353 e. The maximum Gasteiger partial charge on any atom is 0.207 e. The molecule has 2 nitrogen and oxygen atoms in total. The second kappa shape index (κ2) is 3.74. The molecule has 1 unspecified atom stereocenters. The van der Waals surface area contributed by atoms with Gasteiger partial charge in [-0.15, -0.1) is 0 Å². The van der Waals surface area contributed by atoms with E-state index in [4.69, 9.17) is 0 Å². The van der Waals surface area contributed by atoms with Gasteiger partial charge in [-0.1, -0.05) is 19.1 Å². The van der Waals surface area contributed by atoms with Gasteiger partial charge < -0.3 is 5.32 Å². The lowest BCUT2D eigenvalue weighted by atomic mass is 9.88. The van der Waals surface area contributed by atoms with Crippen LogP contribution in [0.15, 0.2) is 12.2 Å². The van der Waals surface area contributed by atoms with Crippen LogP contribution in [0.3, 0.4) is 0 Å². The lowest BCUT2D eigenvalue weighted by molar-refractivity contribution is -0.111. The molecule has 1 aliphatic carbocycles. The predicted molar refractivity (Wildman–Crippen MR) is 49.8 cm³/mol. The van der Waals surface area contributed by atoms with Crippen molar-refractivity contribution in [2.75, 3.05) is 0 Å². The van der Waals surface area contributed by atoms with E-state index in [1.165, 1.54) is 0 Å². The normalized spacial score (nSPS) is 35.7. The zero-order chi connectivity index (χ0) is 9.03. The quantitative estimate of drug-likeness (QED) is 0.493. The molecule has 68 valence electrons. The first-order chi connectivity index (χ1) is 5.66. The third kappa shape index (κ3) is 2.36. The highest BCUT2D eigenvalue weighted by Gasteiger charge is 2.25. The Morgan fingerprint density at radius 1 is 1.67 bits per heavy atom. The number of amides is 1. The molecule has 0 aromatic rings. The molecule has 0 fully saturated rings. The Bertz CT molecular complexity index is 188. The molecular weight excluding hydrogens is 150 g/mol. The van der Waals surface area contributed by atoms with Crippen LogP contribution in [-0.4, -0.2) is 11.9 Å². The van der Waals surface area contributed by atoms with E-state index in [0.717, 1.165) is 25.7 Å². The third-order valence-corrected chi connectivity index (χ3v) is 2.51. The minimum atomic E-state index is 0.00463. The molecule has 0 spiro atoms. The molecule has 0 aromatic heterocycles. The SMILES string of the molecule is C[C@H]1C=CCCC(C)(NC=O)C1. The van der Waals surface area contributed by atoms with Crippen LogP contribution in [0, 0.1) is 5.92 Å². The minimum absolute atomic E-state index is 0.00463. The maximum atomic E-state index is 10.4. The first-order valence-corrected chi connectivity index (χ1v) is 4.54. The monoisotopic (exact) mass is 167 g/mol. The number of nitrogens with one attached hydrogen (secondary N) is 1. The second-order valence-electron chi connectivity index (χ2n) is 3.97. The summed E-state index contributed by atoms with van der Waals surface area (Å²) in [4.78, 5) is 10.4. The van der Waals surface area contributed by atoms with Gasteiger partial charge in [-0.05, 0) is 32.1 Å². The topological polar surface area (TPSA) is 29.1 Å². The fraction of sp³-hybridized carbons (Fsp3) is 0.700. The molecule has 12 heavy (non-hydrogen) atoms. The Morgan fingerprint density at radius 3 is 3.08 bits per heavy atom. The number of hydrogen-bond acceptors (Lipinski definition) is 1. The molecule has 0 radical (unpaired) electrons. The van der Waals surface area contributed by atoms with E-state index in [1.807, 2.05) is 0 Å². The molecule has 0 saturated heterocycles. The number of carbonyl (C=O) groups is 1. The molecule has 2 heteroatoms. The Labute approximate surface area is 74.0 Å². The van der Waals surface area contributed by atoms with E-state index in [2.05, 4.69) is 31.3 Å². The molecule has 1 rings (SSSR count). The first kappa shape index (κ1) is 9.30. The molecule has 0 bridgehead atoms. The molecular formula is C10H17NO. The number of rotatable bonds is 2. The van der Waals surface area contributed by atoms with Crippen LogP contribution < -0.4 is 5.32 Å². The molecule has 0 saturated carbocycles. The van der Waals surface area contributed by atoms with Crippen molar-refractivity contribution in [3.63, 3.8) is 0 Å². The summed E-state index contributed by atoms with van der Waals surface area (Å²) >= 11 is 0. The van der Waals surface area contributed by atoms with Crippen LogP contribution in [0.5, 0.6) is 0 Å². The predicted octanol–water partition coefficient (Wildman–Crippen LogP) is 1.87. The second-order valence-corrected chi connectivity index (χ2v) is 3.97. The lowest BCUT2D eigenvalue weighted by Crippen LogP contribution is -2.42. The minimum Gasteiger partial charge on any atom is -0.353 e. The van der Waals surface area contributed by atoms with Gasteiger partial charge in [0.2, 0.25) is 6.41 Å². The van der Waals surface area contributed by atoms with Crippen LogP contribution in [0.25, 0.3) is 0 Å². The first-order valence-electron chi connectivity index (χ1n) is 4.54. The molecule has 1 aliphatic rings. The summed E-state index contributed by atoms with van der Waals surface area (Å²) in [5.41, 5.74) is 0.00463. The van der Waals surface area contributed by atoms with Crippen molar-refractivity contribution in [3.05, 3.63) is 12.2 Å². The Kier molecular flexibility index (Phi) is 2.90. The van der Waals surface area contributed by atoms with Crippen molar-refractivity contribution in [1.29, 1.82) is 0 Å². The van der Waals surface area contributed by atoms with Gasteiger partial charge in [0, 0.05) is 5.54 Å². The smallest absolute Gasteiger partial charge is 0.207 e. The fourth-order valence-corrected chi connectivity index (χ4v) is 1.88. The van der Waals surface area contributed by atoms with Crippen molar-refractivity contribution < 1.29 is 4.79 Å². The van der Waals surface area contributed by atoms with Crippen molar-refractivity contribution in [2.24, 2.45) is 5.92 Å². The number of allylic oxidation sites excluding steroid dienone is 2. The van der Waals surface area contributed by atoms with E-state index in [9.17, 15) is 4.79 Å². The van der Waals surface area contributed by atoms with Crippen molar-refractivity contribution in [1.82, 2.24) is 5.32 Å². The summed E-state index contributed by atoms with van der Waals surface area (Å²) < 4.78 is 0. The summed E-state index contributed by atoms with van der Waals surface area (Å²) in [5, 5.41) is 2.91. The average Bonchev–Trinajstić information content (AvgIpc) is 2.12. The molecule has 0 aromatic carbocycles. The highest BCUT2D eigenvalue weighted by Crippen LogP contribution is 2.25. The number of hydrogen-bond donors (Lipinski definition) is 1. The Balaban J connectivity index is 2.59. The fourth-order valence-electron chi connectivity index (χ4n) is 1.88. The van der Waals surface area contributed by atoms with Crippen molar-refractivity contribution >= 4 is 6.41 Å². The summed E-state index contributed by atoms with van der Waals surface area (Å²) in [5.74, 6) is 0.574. The highest BCUT2D eigenvalue weighted by atomic mass is 16.1. The molecule has 0 aliphatic heterocycles. The molecule has 0 heterocycles. The van der Waals surface area contributed by atoms with Gasteiger partial charge >= 0.3 is 0 Å². The molecule has 1 amide bonds. The Morgan fingerprint density at radius 2 is 2.42 bits per heavy atom. The van der Waals surface area contributed by atoms with Crippen LogP contribution in [-0.2, 0) is 4.79 Å². The van der Waals surface area contributed by atoms with Crippen molar-refractivity contribution in [2.45, 2.75) is 38.6 Å². The summed E-state index contributed by atoms with van der Waals surface area (Å²) in [6.07, 6.45) is 8.43. The molecule has 2 atom stereocenters. The average molecular weight is 167 g/mol. The zero-order valence-electron chi connectivity index (χ0n) is 7.84. The summed E-state index contributed by atoms with van der Waals surface area (Å²) in [6.45, 7) is 4.30. The Hall–Kier alpha value is -0.790. The highest BCUT2D eigenvalue weighted by molar-refractivity contribution is 5.47. The van der Waals surface area contributed by atoms with Gasteiger partial charge in [0.15, 0.2) is 0 Å². The van der Waals surface area contributed by atoms with E-state index < -0.39 is 0 Å². The summed E-state index contributed by atoms with van der Waals surface area (Å²) in [7, 11) is 0. The van der Waals surface area contributed by atoms with Gasteiger partial charge in [0.05, 0.1) is 0 Å². The van der Waals surface area contributed by atoms with Gasteiger partial charge in [0.25, 0.3) is 0 Å². The number of carbonyl (C=O) groups excluding carboxylic acids is 1. The van der Waals surface area contributed by atoms with E-state index in [1.54, 1.807) is 0 Å².